The molecule has 2 aromatic carbocycles. The summed E-state index contributed by atoms with van der Waals surface area (Å²) >= 11 is 0. The highest BCUT2D eigenvalue weighted by Gasteiger charge is 2.31. The van der Waals surface area contributed by atoms with Crippen LogP contribution in [-0.4, -0.2) is 62.3 Å². The van der Waals surface area contributed by atoms with Gasteiger partial charge in [-0.3, -0.25) is 9.59 Å². The van der Waals surface area contributed by atoms with Crippen LogP contribution in [0, 0.1) is 13.8 Å². The molecular weight excluding hydrogens is 428 g/mol. The van der Waals surface area contributed by atoms with Gasteiger partial charge in [0, 0.05) is 26.2 Å². The maximum absolute atomic E-state index is 13.0. The van der Waals surface area contributed by atoms with E-state index in [4.69, 9.17) is 4.74 Å². The van der Waals surface area contributed by atoms with E-state index in [0.717, 1.165) is 11.1 Å². The molecule has 2 aromatic rings. The fourth-order valence-electron chi connectivity index (χ4n) is 3.95. The molecular formula is C24H30N2O5S. The quantitative estimate of drug-likeness (QED) is 0.596. The standard InChI is InChI=1S/C24H30N2O5S/c1-4-21(20-8-6-5-7-9-20)24(28)31-17-23(27)25-12-14-26(15-13-25)32(29,30)22-11-10-18(2)16-19(22)3/h5-11,16,21H,4,12-15,17H2,1-3H3. The molecule has 3 rings (SSSR count). The van der Waals surface area contributed by atoms with Gasteiger partial charge in [0.2, 0.25) is 10.0 Å². The van der Waals surface area contributed by atoms with E-state index in [-0.39, 0.29) is 38.7 Å². The first-order valence-corrected chi connectivity index (χ1v) is 12.2. The van der Waals surface area contributed by atoms with Crippen molar-refractivity contribution in [2.45, 2.75) is 38.0 Å². The van der Waals surface area contributed by atoms with Crippen LogP contribution in [0.1, 0.15) is 36.0 Å². The Balaban J connectivity index is 1.54. The van der Waals surface area contributed by atoms with E-state index in [1.54, 1.807) is 24.0 Å². The number of sulfonamides is 1. The number of amides is 1. The second-order valence-electron chi connectivity index (χ2n) is 8.03. The zero-order valence-corrected chi connectivity index (χ0v) is 19.6. The lowest BCUT2D eigenvalue weighted by molar-refractivity contribution is -0.153. The number of carbonyl (C=O) groups excluding carboxylic acids is 2. The lowest BCUT2D eigenvalue weighted by atomic mass is 9.97. The number of ether oxygens (including phenoxy) is 1. The Bertz CT molecular complexity index is 1060. The van der Waals surface area contributed by atoms with E-state index < -0.39 is 21.9 Å². The number of rotatable bonds is 7. The average molecular weight is 459 g/mol. The van der Waals surface area contributed by atoms with Crippen LogP contribution < -0.4 is 0 Å². The lowest BCUT2D eigenvalue weighted by Gasteiger charge is -2.34. The van der Waals surface area contributed by atoms with Crippen molar-refractivity contribution in [3.05, 3.63) is 65.2 Å². The zero-order chi connectivity index (χ0) is 23.3. The summed E-state index contributed by atoms with van der Waals surface area (Å²) in [7, 11) is -3.62. The van der Waals surface area contributed by atoms with Gasteiger partial charge < -0.3 is 9.64 Å². The van der Waals surface area contributed by atoms with Crippen molar-refractivity contribution in [2.75, 3.05) is 32.8 Å². The van der Waals surface area contributed by atoms with Crippen LogP contribution >= 0.6 is 0 Å². The summed E-state index contributed by atoms with van der Waals surface area (Å²) in [5.74, 6) is -1.16. The second kappa shape index (κ2) is 10.3. The fourth-order valence-corrected chi connectivity index (χ4v) is 5.58. The SMILES string of the molecule is CCC(C(=O)OCC(=O)N1CCN(S(=O)(=O)c2ccc(C)cc2C)CC1)c1ccccc1. The molecule has 1 fully saturated rings. The lowest BCUT2D eigenvalue weighted by Crippen LogP contribution is -2.51. The van der Waals surface area contributed by atoms with Gasteiger partial charge in [-0.15, -0.1) is 0 Å². The molecule has 172 valence electrons. The van der Waals surface area contributed by atoms with E-state index >= 15 is 0 Å². The van der Waals surface area contributed by atoms with E-state index in [2.05, 4.69) is 0 Å². The van der Waals surface area contributed by atoms with Crippen LogP contribution in [-0.2, 0) is 24.3 Å². The molecule has 1 heterocycles. The van der Waals surface area contributed by atoms with Gasteiger partial charge in [-0.05, 0) is 37.5 Å². The Morgan fingerprint density at radius 2 is 1.66 bits per heavy atom. The van der Waals surface area contributed by atoms with Crippen molar-refractivity contribution in [3.8, 4) is 0 Å². The molecule has 1 aliphatic heterocycles. The highest BCUT2D eigenvalue weighted by Crippen LogP contribution is 2.23. The summed E-state index contributed by atoms with van der Waals surface area (Å²) in [6, 6.07) is 14.6. The van der Waals surface area contributed by atoms with Crippen molar-refractivity contribution >= 4 is 21.9 Å². The van der Waals surface area contributed by atoms with Crippen molar-refractivity contribution in [1.82, 2.24) is 9.21 Å². The maximum atomic E-state index is 13.0. The maximum Gasteiger partial charge on any atom is 0.313 e. The summed E-state index contributed by atoms with van der Waals surface area (Å²) in [4.78, 5) is 26.9. The van der Waals surface area contributed by atoms with E-state index in [1.807, 2.05) is 50.2 Å². The summed E-state index contributed by atoms with van der Waals surface area (Å²) in [6.45, 7) is 6.19. The van der Waals surface area contributed by atoms with Crippen LogP contribution in [0.2, 0.25) is 0 Å². The molecule has 0 saturated carbocycles. The molecule has 0 aliphatic carbocycles. The van der Waals surface area contributed by atoms with Gasteiger partial charge in [-0.25, -0.2) is 8.42 Å². The molecule has 0 spiro atoms. The predicted molar refractivity (Wildman–Crippen MR) is 122 cm³/mol. The zero-order valence-electron chi connectivity index (χ0n) is 18.8. The van der Waals surface area contributed by atoms with Gasteiger partial charge in [0.1, 0.15) is 0 Å². The molecule has 32 heavy (non-hydrogen) atoms. The first-order chi connectivity index (χ1) is 15.2. The average Bonchev–Trinajstić information content (AvgIpc) is 2.78. The number of nitrogens with zero attached hydrogens (tertiary/aromatic N) is 2. The minimum absolute atomic E-state index is 0.205. The molecule has 0 bridgehead atoms. The molecule has 0 aromatic heterocycles. The first-order valence-electron chi connectivity index (χ1n) is 10.8. The van der Waals surface area contributed by atoms with Gasteiger partial charge >= 0.3 is 5.97 Å². The highest BCUT2D eigenvalue weighted by molar-refractivity contribution is 7.89. The number of benzene rings is 2. The number of esters is 1. The van der Waals surface area contributed by atoms with Gasteiger partial charge in [-0.2, -0.15) is 4.31 Å². The van der Waals surface area contributed by atoms with Gasteiger partial charge in [0.15, 0.2) is 6.61 Å². The van der Waals surface area contributed by atoms with Crippen LogP contribution in [0.25, 0.3) is 0 Å². The number of piperazine rings is 1. The van der Waals surface area contributed by atoms with Crippen molar-refractivity contribution in [3.63, 3.8) is 0 Å². The first kappa shape index (κ1) is 23.9. The Labute approximate surface area is 190 Å². The van der Waals surface area contributed by atoms with Crippen LogP contribution in [0.15, 0.2) is 53.4 Å². The Morgan fingerprint density at radius 1 is 1.00 bits per heavy atom. The molecule has 1 saturated heterocycles. The Kier molecular flexibility index (Phi) is 7.69. The van der Waals surface area contributed by atoms with Gasteiger partial charge in [-0.1, -0.05) is 55.0 Å². The van der Waals surface area contributed by atoms with Crippen molar-refractivity contribution in [2.24, 2.45) is 0 Å². The number of hydrogen-bond acceptors (Lipinski definition) is 5. The largest absolute Gasteiger partial charge is 0.455 e. The molecule has 1 amide bonds. The molecule has 1 atom stereocenters. The second-order valence-corrected chi connectivity index (χ2v) is 9.94. The summed E-state index contributed by atoms with van der Waals surface area (Å²) in [6.07, 6.45) is 0.575. The Hall–Kier alpha value is -2.71. The minimum Gasteiger partial charge on any atom is -0.455 e. The van der Waals surface area contributed by atoms with Crippen LogP contribution in [0.4, 0.5) is 0 Å². The summed E-state index contributed by atoms with van der Waals surface area (Å²) in [5, 5.41) is 0. The smallest absolute Gasteiger partial charge is 0.313 e. The van der Waals surface area contributed by atoms with Crippen LogP contribution in [0.3, 0.4) is 0 Å². The molecule has 7 nitrogen and oxygen atoms in total. The third-order valence-corrected chi connectivity index (χ3v) is 7.83. The molecule has 1 aliphatic rings. The van der Waals surface area contributed by atoms with E-state index in [1.165, 1.54) is 4.31 Å². The minimum atomic E-state index is -3.62. The van der Waals surface area contributed by atoms with E-state index in [0.29, 0.717) is 16.9 Å². The third kappa shape index (κ3) is 5.37. The van der Waals surface area contributed by atoms with Gasteiger partial charge in [0.05, 0.1) is 10.8 Å². The topological polar surface area (TPSA) is 84.0 Å². The monoisotopic (exact) mass is 458 g/mol. The fraction of sp³-hybridized carbons (Fsp3) is 0.417. The molecule has 0 N–H and O–H groups in total. The van der Waals surface area contributed by atoms with E-state index in [9.17, 15) is 18.0 Å². The normalized spacial score (nSPS) is 15.9. The third-order valence-electron chi connectivity index (χ3n) is 5.77. The highest BCUT2D eigenvalue weighted by atomic mass is 32.2. The number of carbonyl (C=O) groups is 2. The summed E-state index contributed by atoms with van der Waals surface area (Å²) in [5.41, 5.74) is 2.57. The summed E-state index contributed by atoms with van der Waals surface area (Å²) < 4.78 is 32.7. The van der Waals surface area contributed by atoms with Crippen LogP contribution in [0.5, 0.6) is 0 Å². The predicted octanol–water partition coefficient (Wildman–Crippen LogP) is 2.87. The molecule has 0 radical (unpaired) electrons. The molecule has 1 unspecified atom stereocenters. The van der Waals surface area contributed by atoms with Crippen molar-refractivity contribution in [1.29, 1.82) is 0 Å². The van der Waals surface area contributed by atoms with Crippen molar-refractivity contribution < 1.29 is 22.7 Å². The number of hydrogen-bond donors (Lipinski definition) is 0. The van der Waals surface area contributed by atoms with Gasteiger partial charge in [0.25, 0.3) is 5.91 Å². The number of aryl methyl sites for hydroxylation is 2. The Morgan fingerprint density at radius 3 is 2.25 bits per heavy atom. The molecule has 8 heteroatoms.